The molecule has 7 heteroatoms. The van der Waals surface area contributed by atoms with Crippen molar-refractivity contribution in [3.05, 3.63) is 16.4 Å². The van der Waals surface area contributed by atoms with Gasteiger partial charge in [-0.05, 0) is 15.9 Å². The molecule has 0 radical (unpaired) electrons. The van der Waals surface area contributed by atoms with Gasteiger partial charge < -0.3 is 10.6 Å². The van der Waals surface area contributed by atoms with Crippen molar-refractivity contribution in [1.82, 2.24) is 20.4 Å². The van der Waals surface area contributed by atoms with Crippen molar-refractivity contribution in [2.45, 2.75) is 0 Å². The van der Waals surface area contributed by atoms with Crippen LogP contribution in [0.1, 0.15) is 10.4 Å². The molecule has 0 aliphatic carbocycles. The minimum absolute atomic E-state index is 0.0450. The predicted molar refractivity (Wildman–Crippen MR) is 57.3 cm³/mol. The molecule has 2 amide bonds. The van der Waals surface area contributed by atoms with E-state index in [0.29, 0.717) is 10.2 Å². The maximum atomic E-state index is 11.5. The van der Waals surface area contributed by atoms with Gasteiger partial charge in [0.05, 0.1) is 18.3 Å². The van der Waals surface area contributed by atoms with Gasteiger partial charge >= 0.3 is 0 Å². The van der Waals surface area contributed by atoms with Gasteiger partial charge in [0.1, 0.15) is 4.60 Å². The number of amides is 2. The third kappa shape index (κ3) is 2.79. The van der Waals surface area contributed by atoms with E-state index in [1.54, 1.807) is 7.05 Å². The zero-order valence-corrected chi connectivity index (χ0v) is 9.96. The summed E-state index contributed by atoms with van der Waals surface area (Å²) >= 11 is 3.21. The first-order valence-corrected chi connectivity index (χ1v) is 5.02. The number of carbonyl (C=O) groups excluding carboxylic acids is 2. The Bertz CT molecular complexity index is 388. The number of rotatable bonds is 3. The molecule has 6 nitrogen and oxygen atoms in total. The van der Waals surface area contributed by atoms with Crippen molar-refractivity contribution >= 4 is 27.7 Å². The van der Waals surface area contributed by atoms with E-state index in [-0.39, 0.29) is 18.4 Å². The largest absolute Gasteiger partial charge is 0.358 e. The lowest BCUT2D eigenvalue weighted by atomic mass is 10.3. The summed E-state index contributed by atoms with van der Waals surface area (Å²) in [6.45, 7) is -0.0450. The van der Waals surface area contributed by atoms with Gasteiger partial charge in [0, 0.05) is 14.1 Å². The summed E-state index contributed by atoms with van der Waals surface area (Å²) in [6.07, 6.45) is 1.43. The summed E-state index contributed by atoms with van der Waals surface area (Å²) in [5.41, 5.74) is 0.404. The molecule has 0 spiro atoms. The number of likely N-dealkylation sites (N-methyl/N-ethyl adjacent to an activating group) is 1. The second-order valence-electron chi connectivity index (χ2n) is 2.83. The van der Waals surface area contributed by atoms with E-state index < -0.39 is 0 Å². The highest BCUT2D eigenvalue weighted by molar-refractivity contribution is 9.10. The number of aryl methyl sites for hydroxylation is 1. The van der Waals surface area contributed by atoms with E-state index in [0.717, 1.165) is 0 Å². The van der Waals surface area contributed by atoms with Crippen molar-refractivity contribution < 1.29 is 9.59 Å². The van der Waals surface area contributed by atoms with Gasteiger partial charge in [-0.3, -0.25) is 14.3 Å². The van der Waals surface area contributed by atoms with Gasteiger partial charge in [-0.1, -0.05) is 0 Å². The molecule has 0 bridgehead atoms. The van der Waals surface area contributed by atoms with Crippen LogP contribution in [0.2, 0.25) is 0 Å². The van der Waals surface area contributed by atoms with Crippen LogP contribution in [-0.2, 0) is 11.8 Å². The molecule has 0 aliphatic rings. The van der Waals surface area contributed by atoms with Crippen LogP contribution in [0.3, 0.4) is 0 Å². The molecule has 1 aromatic rings. The smallest absolute Gasteiger partial charge is 0.256 e. The van der Waals surface area contributed by atoms with E-state index in [2.05, 4.69) is 31.7 Å². The zero-order chi connectivity index (χ0) is 11.4. The minimum Gasteiger partial charge on any atom is -0.358 e. The van der Waals surface area contributed by atoms with Crippen molar-refractivity contribution in [2.24, 2.45) is 7.05 Å². The third-order valence-corrected chi connectivity index (χ3v) is 2.74. The molecule has 1 rings (SSSR count). The topological polar surface area (TPSA) is 76.0 Å². The van der Waals surface area contributed by atoms with Crippen LogP contribution in [0.25, 0.3) is 0 Å². The minimum atomic E-state index is -0.335. The van der Waals surface area contributed by atoms with E-state index in [9.17, 15) is 9.59 Å². The standard InChI is InChI=1S/C8H11BrN4O2/c1-10-6(14)4-11-8(15)5-3-12-13(2)7(5)9/h3H,4H2,1-2H3,(H,10,14)(H,11,15). The molecule has 0 saturated carbocycles. The SMILES string of the molecule is CNC(=O)CNC(=O)c1cnn(C)c1Br. The Morgan fingerprint density at radius 3 is 2.73 bits per heavy atom. The average molecular weight is 275 g/mol. The highest BCUT2D eigenvalue weighted by Crippen LogP contribution is 2.14. The van der Waals surface area contributed by atoms with Crippen LogP contribution < -0.4 is 10.6 Å². The van der Waals surface area contributed by atoms with Gasteiger partial charge in [0.2, 0.25) is 5.91 Å². The average Bonchev–Trinajstić information content (AvgIpc) is 2.56. The fraction of sp³-hybridized carbons (Fsp3) is 0.375. The zero-order valence-electron chi connectivity index (χ0n) is 8.37. The summed E-state index contributed by atoms with van der Waals surface area (Å²) in [7, 11) is 3.22. The first kappa shape index (κ1) is 11.7. The molecule has 0 unspecified atom stereocenters. The first-order chi connectivity index (χ1) is 7.06. The van der Waals surface area contributed by atoms with Crippen LogP contribution in [0.15, 0.2) is 10.8 Å². The monoisotopic (exact) mass is 274 g/mol. The number of hydrogen-bond acceptors (Lipinski definition) is 3. The van der Waals surface area contributed by atoms with Gasteiger partial charge in [0.15, 0.2) is 0 Å². The second-order valence-corrected chi connectivity index (χ2v) is 3.58. The number of hydrogen-bond donors (Lipinski definition) is 2. The first-order valence-electron chi connectivity index (χ1n) is 4.22. The number of aromatic nitrogens is 2. The van der Waals surface area contributed by atoms with Crippen molar-refractivity contribution in [3.63, 3.8) is 0 Å². The molecule has 0 aromatic carbocycles. The Balaban J connectivity index is 2.62. The molecule has 0 fully saturated rings. The quantitative estimate of drug-likeness (QED) is 0.792. The molecular formula is C8H11BrN4O2. The van der Waals surface area contributed by atoms with E-state index >= 15 is 0 Å². The van der Waals surface area contributed by atoms with E-state index in [4.69, 9.17) is 0 Å². The highest BCUT2D eigenvalue weighted by atomic mass is 79.9. The normalized spacial score (nSPS) is 9.80. The number of nitrogens with one attached hydrogen (secondary N) is 2. The molecular weight excluding hydrogens is 264 g/mol. The third-order valence-electron chi connectivity index (χ3n) is 1.80. The predicted octanol–water partition coefficient (Wildman–Crippen LogP) is -0.342. The Morgan fingerprint density at radius 1 is 1.60 bits per heavy atom. The van der Waals surface area contributed by atoms with Gasteiger partial charge in [-0.15, -0.1) is 0 Å². The summed E-state index contributed by atoms with van der Waals surface area (Å²) in [5.74, 6) is -0.582. The number of nitrogens with zero attached hydrogens (tertiary/aromatic N) is 2. The lowest BCUT2D eigenvalue weighted by Gasteiger charge is -2.02. The maximum absolute atomic E-state index is 11.5. The summed E-state index contributed by atoms with van der Waals surface area (Å²) < 4.78 is 2.10. The van der Waals surface area contributed by atoms with E-state index in [1.165, 1.54) is 17.9 Å². The van der Waals surface area contributed by atoms with Crippen LogP contribution >= 0.6 is 15.9 Å². The van der Waals surface area contributed by atoms with Crippen LogP contribution in [0.5, 0.6) is 0 Å². The highest BCUT2D eigenvalue weighted by Gasteiger charge is 2.14. The van der Waals surface area contributed by atoms with E-state index in [1.807, 2.05) is 0 Å². The van der Waals surface area contributed by atoms with Crippen LogP contribution in [0.4, 0.5) is 0 Å². The summed E-state index contributed by atoms with van der Waals surface area (Å²) in [4.78, 5) is 22.4. The molecule has 15 heavy (non-hydrogen) atoms. The van der Waals surface area contributed by atoms with Crippen molar-refractivity contribution in [1.29, 1.82) is 0 Å². The Kier molecular flexibility index (Phi) is 3.84. The van der Waals surface area contributed by atoms with Crippen molar-refractivity contribution in [3.8, 4) is 0 Å². The van der Waals surface area contributed by atoms with Gasteiger partial charge in [-0.25, -0.2) is 0 Å². The van der Waals surface area contributed by atoms with Crippen molar-refractivity contribution in [2.75, 3.05) is 13.6 Å². The Morgan fingerprint density at radius 2 is 2.27 bits per heavy atom. The second kappa shape index (κ2) is 4.92. The van der Waals surface area contributed by atoms with Gasteiger partial charge in [-0.2, -0.15) is 5.10 Å². The summed E-state index contributed by atoms with van der Waals surface area (Å²) in [6, 6.07) is 0. The molecule has 82 valence electrons. The number of halogens is 1. The fourth-order valence-corrected chi connectivity index (χ4v) is 1.29. The van der Waals surface area contributed by atoms with Crippen LogP contribution in [-0.4, -0.2) is 35.2 Å². The molecule has 0 aliphatic heterocycles. The molecule has 0 saturated heterocycles. The lowest BCUT2D eigenvalue weighted by molar-refractivity contribution is -0.119. The Labute approximate surface area is 95.2 Å². The molecule has 2 N–H and O–H groups in total. The fourth-order valence-electron chi connectivity index (χ4n) is 0.919. The maximum Gasteiger partial charge on any atom is 0.256 e. The molecule has 1 aromatic heterocycles. The Hall–Kier alpha value is -1.37. The van der Waals surface area contributed by atoms with Gasteiger partial charge in [0.25, 0.3) is 5.91 Å². The van der Waals surface area contributed by atoms with Crippen LogP contribution in [0, 0.1) is 0 Å². The lowest BCUT2D eigenvalue weighted by Crippen LogP contribution is -2.35. The molecule has 0 atom stereocenters. The summed E-state index contributed by atoms with van der Waals surface area (Å²) in [5, 5.41) is 8.77. The number of carbonyl (C=O) groups is 2. The molecule has 1 heterocycles.